The first-order valence-corrected chi connectivity index (χ1v) is 9.50. The Labute approximate surface area is 168 Å². The third-order valence-electron chi connectivity index (χ3n) is 5.04. The largest absolute Gasteiger partial charge is 0.389 e. The van der Waals surface area contributed by atoms with E-state index in [0.717, 1.165) is 11.0 Å². The number of rotatable bonds is 6. The van der Waals surface area contributed by atoms with Crippen LogP contribution < -0.4 is 5.32 Å². The van der Waals surface area contributed by atoms with Crippen LogP contribution in [-0.2, 0) is 6.54 Å². The van der Waals surface area contributed by atoms with Gasteiger partial charge in [-0.15, -0.1) is 0 Å². The fourth-order valence-electron chi connectivity index (χ4n) is 3.33. The van der Waals surface area contributed by atoms with E-state index in [1.807, 2.05) is 22.8 Å². The van der Waals surface area contributed by atoms with E-state index in [2.05, 4.69) is 35.3 Å². The average Bonchev–Trinajstić information content (AvgIpc) is 3.38. The number of carbonyl (C=O) groups is 1. The summed E-state index contributed by atoms with van der Waals surface area (Å²) in [6, 6.07) is 13.2. The third-order valence-corrected chi connectivity index (χ3v) is 5.04. The van der Waals surface area contributed by atoms with E-state index in [-0.39, 0.29) is 12.5 Å². The van der Waals surface area contributed by atoms with Gasteiger partial charge >= 0.3 is 0 Å². The van der Waals surface area contributed by atoms with E-state index in [1.165, 1.54) is 11.1 Å². The zero-order chi connectivity index (χ0) is 20.4. The predicted molar refractivity (Wildman–Crippen MR) is 111 cm³/mol. The number of aryl methyl sites for hydroxylation is 2. The zero-order valence-corrected chi connectivity index (χ0v) is 16.4. The van der Waals surface area contributed by atoms with Crippen LogP contribution in [-0.4, -0.2) is 43.0 Å². The molecule has 2 aromatic heterocycles. The van der Waals surface area contributed by atoms with Crippen LogP contribution in [0.4, 0.5) is 0 Å². The topological polar surface area (TPSA) is 85.0 Å². The van der Waals surface area contributed by atoms with Crippen LogP contribution in [0.3, 0.4) is 0 Å². The van der Waals surface area contributed by atoms with Gasteiger partial charge in [-0.3, -0.25) is 4.79 Å². The van der Waals surface area contributed by atoms with Crippen molar-refractivity contribution in [2.24, 2.45) is 0 Å². The Balaban J connectivity index is 1.44. The Morgan fingerprint density at radius 2 is 1.97 bits per heavy atom. The van der Waals surface area contributed by atoms with Gasteiger partial charge in [-0.25, -0.2) is 9.67 Å². The summed E-state index contributed by atoms with van der Waals surface area (Å²) >= 11 is 0. The Kier molecular flexibility index (Phi) is 5.14. The van der Waals surface area contributed by atoms with Gasteiger partial charge in [0.2, 0.25) is 0 Å². The number of fused-ring (bicyclic) bond motifs is 1. The van der Waals surface area contributed by atoms with Gasteiger partial charge in [-0.1, -0.05) is 12.1 Å². The quantitative estimate of drug-likeness (QED) is 0.531. The molecule has 0 saturated heterocycles. The number of aromatic nitrogens is 4. The molecule has 0 fully saturated rings. The molecule has 148 valence electrons. The monoisotopic (exact) mass is 389 g/mol. The molecule has 4 rings (SSSR count). The van der Waals surface area contributed by atoms with Crippen molar-refractivity contribution in [2.75, 3.05) is 6.54 Å². The lowest BCUT2D eigenvalue weighted by Gasteiger charge is -2.15. The Morgan fingerprint density at radius 1 is 1.17 bits per heavy atom. The Hall–Kier alpha value is -3.45. The average molecular weight is 389 g/mol. The summed E-state index contributed by atoms with van der Waals surface area (Å²) in [6.07, 6.45) is 4.43. The van der Waals surface area contributed by atoms with E-state index >= 15 is 0 Å². The number of nitrogens with one attached hydrogen (secondary N) is 1. The number of hydrogen-bond donors (Lipinski definition) is 2. The minimum Gasteiger partial charge on any atom is -0.389 e. The lowest BCUT2D eigenvalue weighted by Crippen LogP contribution is -2.34. The summed E-state index contributed by atoms with van der Waals surface area (Å²) in [4.78, 5) is 17.1. The van der Waals surface area contributed by atoms with Gasteiger partial charge in [-0.2, -0.15) is 5.10 Å². The highest BCUT2D eigenvalue weighted by Gasteiger charge is 2.15. The molecular formula is C22H23N5O2. The summed E-state index contributed by atoms with van der Waals surface area (Å²) in [5.74, 6) is -0.253. The van der Waals surface area contributed by atoms with Crippen molar-refractivity contribution in [3.8, 4) is 5.69 Å². The summed E-state index contributed by atoms with van der Waals surface area (Å²) in [7, 11) is 0. The fourth-order valence-corrected chi connectivity index (χ4v) is 3.33. The second kappa shape index (κ2) is 7.89. The molecule has 2 heterocycles. The van der Waals surface area contributed by atoms with E-state index < -0.39 is 6.10 Å². The number of nitrogens with zero attached hydrogens (tertiary/aromatic N) is 4. The molecule has 0 saturated carbocycles. The summed E-state index contributed by atoms with van der Waals surface area (Å²) in [5.41, 5.74) is 5.43. The van der Waals surface area contributed by atoms with Crippen LogP contribution >= 0.6 is 0 Å². The maximum atomic E-state index is 12.7. The molecule has 2 aromatic carbocycles. The van der Waals surface area contributed by atoms with Gasteiger partial charge in [0.05, 0.1) is 41.3 Å². The molecule has 1 amide bonds. The highest BCUT2D eigenvalue weighted by molar-refractivity contribution is 5.97. The molecule has 7 nitrogen and oxygen atoms in total. The Morgan fingerprint density at radius 3 is 2.76 bits per heavy atom. The molecule has 7 heteroatoms. The second-order valence-corrected chi connectivity index (χ2v) is 7.15. The summed E-state index contributed by atoms with van der Waals surface area (Å²) in [5, 5.41) is 17.5. The number of aliphatic hydroxyl groups is 1. The minimum atomic E-state index is -0.741. The van der Waals surface area contributed by atoms with Crippen LogP contribution in [0.2, 0.25) is 0 Å². The molecule has 2 N–H and O–H groups in total. The number of para-hydroxylation sites is 1. The van der Waals surface area contributed by atoms with Gasteiger partial charge in [0.1, 0.15) is 0 Å². The van der Waals surface area contributed by atoms with Crippen LogP contribution in [0.1, 0.15) is 21.5 Å². The Bertz CT molecular complexity index is 1150. The maximum Gasteiger partial charge on any atom is 0.253 e. The fraction of sp³-hybridized carbons (Fsp3) is 0.227. The molecular weight excluding hydrogens is 366 g/mol. The SMILES string of the molecule is Cc1cc2ncn(C[C@@H](O)CNC(=O)c3ccccc3-n3cccn3)c2cc1C. The van der Waals surface area contributed by atoms with Gasteiger partial charge in [-0.05, 0) is 55.3 Å². The van der Waals surface area contributed by atoms with Crippen molar-refractivity contribution >= 4 is 16.9 Å². The van der Waals surface area contributed by atoms with Crippen molar-refractivity contribution in [3.05, 3.63) is 77.9 Å². The first kappa shape index (κ1) is 18.9. The van der Waals surface area contributed by atoms with Gasteiger partial charge in [0.15, 0.2) is 0 Å². The van der Waals surface area contributed by atoms with Gasteiger partial charge in [0, 0.05) is 18.9 Å². The molecule has 0 radical (unpaired) electrons. The molecule has 0 aliphatic rings. The van der Waals surface area contributed by atoms with Gasteiger partial charge in [0.25, 0.3) is 5.91 Å². The van der Waals surface area contributed by atoms with E-state index in [9.17, 15) is 9.90 Å². The molecule has 0 unspecified atom stereocenters. The number of carbonyl (C=O) groups excluding carboxylic acids is 1. The van der Waals surface area contributed by atoms with Gasteiger partial charge < -0.3 is 15.0 Å². The van der Waals surface area contributed by atoms with E-state index in [0.29, 0.717) is 17.8 Å². The van der Waals surface area contributed by atoms with Crippen molar-refractivity contribution in [1.29, 1.82) is 0 Å². The second-order valence-electron chi connectivity index (χ2n) is 7.15. The van der Waals surface area contributed by atoms with Crippen molar-refractivity contribution in [1.82, 2.24) is 24.6 Å². The molecule has 4 aromatic rings. The molecule has 1 atom stereocenters. The number of hydrogen-bond acceptors (Lipinski definition) is 4. The van der Waals surface area contributed by atoms with E-state index in [1.54, 1.807) is 41.6 Å². The highest BCUT2D eigenvalue weighted by Crippen LogP contribution is 2.19. The number of imidazole rings is 1. The van der Waals surface area contributed by atoms with Crippen LogP contribution in [0.25, 0.3) is 16.7 Å². The number of benzene rings is 2. The molecule has 29 heavy (non-hydrogen) atoms. The lowest BCUT2D eigenvalue weighted by atomic mass is 10.1. The first-order chi connectivity index (χ1) is 14.0. The molecule has 0 bridgehead atoms. The van der Waals surface area contributed by atoms with Crippen molar-refractivity contribution in [3.63, 3.8) is 0 Å². The molecule has 0 aliphatic heterocycles. The smallest absolute Gasteiger partial charge is 0.253 e. The third kappa shape index (κ3) is 3.90. The first-order valence-electron chi connectivity index (χ1n) is 9.50. The standard InChI is InChI=1S/C22H23N5O2/c1-15-10-19-21(11-16(15)2)26(14-24-19)13-17(28)12-23-22(29)18-6-3-4-7-20(18)27-9-5-8-25-27/h3-11,14,17,28H,12-13H2,1-2H3,(H,23,29)/t17-/m0/s1. The maximum absolute atomic E-state index is 12.7. The predicted octanol–water partition coefficient (Wildman–Crippen LogP) is 2.63. The van der Waals surface area contributed by atoms with Crippen LogP contribution in [0.5, 0.6) is 0 Å². The summed E-state index contributed by atoms with van der Waals surface area (Å²) in [6.45, 7) is 4.59. The van der Waals surface area contributed by atoms with Crippen LogP contribution in [0.15, 0.2) is 61.2 Å². The molecule has 0 spiro atoms. The van der Waals surface area contributed by atoms with Crippen molar-refractivity contribution in [2.45, 2.75) is 26.5 Å². The summed E-state index contributed by atoms with van der Waals surface area (Å²) < 4.78 is 3.56. The van der Waals surface area contributed by atoms with E-state index in [4.69, 9.17) is 0 Å². The highest BCUT2D eigenvalue weighted by atomic mass is 16.3. The zero-order valence-electron chi connectivity index (χ0n) is 16.4. The lowest BCUT2D eigenvalue weighted by molar-refractivity contribution is 0.0905. The van der Waals surface area contributed by atoms with Crippen LogP contribution in [0, 0.1) is 13.8 Å². The van der Waals surface area contributed by atoms with Crippen molar-refractivity contribution < 1.29 is 9.90 Å². The normalized spacial score (nSPS) is 12.2. The number of aliphatic hydroxyl groups excluding tert-OH is 1. The number of amides is 1. The minimum absolute atomic E-state index is 0.136. The molecule has 0 aliphatic carbocycles.